The molecular formula is C25H36N6O. The van der Waals surface area contributed by atoms with E-state index in [2.05, 4.69) is 38.6 Å². The van der Waals surface area contributed by atoms with Crippen LogP contribution in [-0.4, -0.2) is 42.2 Å². The van der Waals surface area contributed by atoms with Gasteiger partial charge < -0.3 is 20.9 Å². The Bertz CT molecular complexity index is 947. The van der Waals surface area contributed by atoms with Crippen molar-refractivity contribution in [2.45, 2.75) is 64.1 Å². The van der Waals surface area contributed by atoms with Crippen molar-refractivity contribution in [2.24, 2.45) is 0 Å². The molecule has 0 spiro atoms. The number of carbonyl (C=O) groups is 1. The second-order valence-corrected chi connectivity index (χ2v) is 9.41. The lowest BCUT2D eigenvalue weighted by atomic mass is 9.90. The van der Waals surface area contributed by atoms with Crippen LogP contribution in [0.5, 0.6) is 0 Å². The van der Waals surface area contributed by atoms with Gasteiger partial charge in [0.15, 0.2) is 0 Å². The molecule has 0 radical (unpaired) electrons. The third-order valence-corrected chi connectivity index (χ3v) is 6.00. The molecule has 1 aromatic heterocycles. The number of nitrogens with zero attached hydrogens (tertiary/aromatic N) is 3. The average Bonchev–Trinajstić information content (AvgIpc) is 2.75. The zero-order valence-electron chi connectivity index (χ0n) is 19.9. The number of urea groups is 1. The molecule has 0 bridgehead atoms. The minimum atomic E-state index is -0.483. The Hall–Kier alpha value is -3.09. The average molecular weight is 437 g/mol. The number of anilines is 2. The summed E-state index contributed by atoms with van der Waals surface area (Å²) in [5.74, 6) is 1.54. The zero-order valence-corrected chi connectivity index (χ0v) is 19.9. The summed E-state index contributed by atoms with van der Waals surface area (Å²) in [7, 11) is 3.93. The second-order valence-electron chi connectivity index (χ2n) is 9.41. The van der Waals surface area contributed by atoms with Crippen LogP contribution in [0.25, 0.3) is 5.57 Å². The maximum Gasteiger partial charge on any atom is 0.315 e. The third-order valence-electron chi connectivity index (χ3n) is 6.00. The number of amides is 2. The highest BCUT2D eigenvalue weighted by Gasteiger charge is 2.27. The van der Waals surface area contributed by atoms with Crippen molar-refractivity contribution in [1.29, 1.82) is 0 Å². The van der Waals surface area contributed by atoms with Crippen molar-refractivity contribution < 1.29 is 4.79 Å². The van der Waals surface area contributed by atoms with Crippen LogP contribution in [0.15, 0.2) is 43.1 Å². The molecule has 0 saturated heterocycles. The fraction of sp³-hybridized carbons (Fsp3) is 0.480. The lowest BCUT2D eigenvalue weighted by molar-refractivity contribution is 0.221. The molecule has 1 heterocycles. The van der Waals surface area contributed by atoms with Gasteiger partial charge in [0.25, 0.3) is 0 Å². The Balaban J connectivity index is 1.49. The molecule has 7 heteroatoms. The van der Waals surface area contributed by atoms with Gasteiger partial charge in [-0.3, -0.25) is 0 Å². The van der Waals surface area contributed by atoms with E-state index in [1.807, 2.05) is 64.0 Å². The molecule has 172 valence electrons. The molecule has 7 nitrogen and oxygen atoms in total. The standard InChI is InChI=1S/C25H36N6O/c1-17(2)18-8-7-9-19(16-18)25(3,4)30-24(32)28-21-12-10-20(11-13-21)27-23-26-15-14-22(29-23)31(5)6/h7-9,14-16,20-21H,1,10-13H2,2-6H3,(H,26,27,29)(H2,28,30,32)/t20-,21+. The highest BCUT2D eigenvalue weighted by Crippen LogP contribution is 2.25. The quantitative estimate of drug-likeness (QED) is 0.594. The topological polar surface area (TPSA) is 82.2 Å². The number of aromatic nitrogens is 2. The molecule has 0 atom stereocenters. The van der Waals surface area contributed by atoms with E-state index in [1.165, 1.54) is 0 Å². The van der Waals surface area contributed by atoms with Gasteiger partial charge in [-0.15, -0.1) is 0 Å². The SMILES string of the molecule is C=C(C)c1cccc(C(C)(C)NC(=O)N[C@H]2CC[C@@H](Nc3nccc(N(C)C)n3)CC2)c1. The molecule has 1 aliphatic carbocycles. The highest BCUT2D eigenvalue weighted by molar-refractivity contribution is 5.75. The van der Waals surface area contributed by atoms with Crippen LogP contribution >= 0.6 is 0 Å². The van der Waals surface area contributed by atoms with Crippen molar-refractivity contribution in [1.82, 2.24) is 20.6 Å². The van der Waals surface area contributed by atoms with Crippen molar-refractivity contribution in [2.75, 3.05) is 24.3 Å². The molecule has 3 rings (SSSR count). The van der Waals surface area contributed by atoms with Crippen molar-refractivity contribution in [3.8, 4) is 0 Å². The van der Waals surface area contributed by atoms with E-state index < -0.39 is 5.54 Å². The van der Waals surface area contributed by atoms with Crippen LogP contribution in [0.2, 0.25) is 0 Å². The molecule has 1 saturated carbocycles. The number of carbonyl (C=O) groups excluding carboxylic acids is 1. The Kier molecular flexibility index (Phi) is 7.38. The van der Waals surface area contributed by atoms with Crippen LogP contribution in [0.3, 0.4) is 0 Å². The first-order valence-electron chi connectivity index (χ1n) is 11.3. The summed E-state index contributed by atoms with van der Waals surface area (Å²) in [5, 5.41) is 9.73. The van der Waals surface area contributed by atoms with Crippen molar-refractivity contribution in [3.05, 3.63) is 54.2 Å². The second kappa shape index (κ2) is 10.0. The molecule has 1 aromatic carbocycles. The largest absolute Gasteiger partial charge is 0.363 e. The molecule has 2 amide bonds. The summed E-state index contributed by atoms with van der Waals surface area (Å²) in [4.78, 5) is 23.5. The number of hydrogen-bond acceptors (Lipinski definition) is 5. The van der Waals surface area contributed by atoms with Gasteiger partial charge in [0, 0.05) is 32.4 Å². The van der Waals surface area contributed by atoms with Crippen LogP contribution in [0, 0.1) is 0 Å². The fourth-order valence-corrected chi connectivity index (χ4v) is 3.98. The van der Waals surface area contributed by atoms with E-state index in [4.69, 9.17) is 0 Å². The van der Waals surface area contributed by atoms with E-state index in [9.17, 15) is 4.79 Å². The van der Waals surface area contributed by atoms with E-state index in [0.29, 0.717) is 12.0 Å². The van der Waals surface area contributed by atoms with Gasteiger partial charge in [-0.25, -0.2) is 9.78 Å². The van der Waals surface area contributed by atoms with Gasteiger partial charge in [-0.05, 0) is 69.7 Å². The zero-order chi connectivity index (χ0) is 23.3. The van der Waals surface area contributed by atoms with Crippen LogP contribution in [-0.2, 0) is 5.54 Å². The van der Waals surface area contributed by atoms with Gasteiger partial charge in [-0.2, -0.15) is 4.98 Å². The van der Waals surface area contributed by atoms with Crippen molar-refractivity contribution >= 4 is 23.4 Å². The first-order valence-corrected chi connectivity index (χ1v) is 11.3. The minimum absolute atomic E-state index is 0.130. The van der Waals surface area contributed by atoms with Gasteiger partial charge in [0.1, 0.15) is 5.82 Å². The van der Waals surface area contributed by atoms with Crippen LogP contribution in [0.1, 0.15) is 57.6 Å². The minimum Gasteiger partial charge on any atom is -0.363 e. The fourth-order valence-electron chi connectivity index (χ4n) is 3.98. The maximum atomic E-state index is 12.7. The Labute approximate surface area is 191 Å². The van der Waals surface area contributed by atoms with E-state index in [-0.39, 0.29) is 12.1 Å². The number of allylic oxidation sites excluding steroid dienone is 1. The summed E-state index contributed by atoms with van der Waals surface area (Å²) in [6.07, 6.45) is 5.54. The van der Waals surface area contributed by atoms with Crippen LogP contribution in [0.4, 0.5) is 16.6 Å². The van der Waals surface area contributed by atoms with Gasteiger partial charge in [0.2, 0.25) is 5.95 Å². The molecule has 32 heavy (non-hydrogen) atoms. The molecule has 3 N–H and O–H groups in total. The molecule has 0 aliphatic heterocycles. The molecule has 1 fully saturated rings. The molecule has 2 aromatic rings. The Morgan fingerprint density at radius 2 is 1.81 bits per heavy atom. The molecular weight excluding hydrogens is 400 g/mol. The predicted octanol–water partition coefficient (Wildman–Crippen LogP) is 4.53. The monoisotopic (exact) mass is 436 g/mol. The van der Waals surface area contributed by atoms with E-state index in [0.717, 1.165) is 48.2 Å². The van der Waals surface area contributed by atoms with Crippen molar-refractivity contribution in [3.63, 3.8) is 0 Å². The third kappa shape index (κ3) is 6.22. The predicted molar refractivity (Wildman–Crippen MR) is 132 cm³/mol. The van der Waals surface area contributed by atoms with E-state index >= 15 is 0 Å². The molecule has 1 aliphatic rings. The van der Waals surface area contributed by atoms with E-state index in [1.54, 1.807) is 6.20 Å². The normalized spacial score (nSPS) is 18.5. The first-order chi connectivity index (χ1) is 15.1. The number of hydrogen-bond donors (Lipinski definition) is 3. The van der Waals surface area contributed by atoms with Gasteiger partial charge >= 0.3 is 6.03 Å². The Morgan fingerprint density at radius 3 is 2.47 bits per heavy atom. The lowest BCUT2D eigenvalue weighted by Crippen LogP contribution is -2.50. The summed E-state index contributed by atoms with van der Waals surface area (Å²) < 4.78 is 0. The van der Waals surface area contributed by atoms with Crippen LogP contribution < -0.4 is 20.9 Å². The number of benzene rings is 1. The first kappa shape index (κ1) is 23.6. The maximum absolute atomic E-state index is 12.7. The summed E-state index contributed by atoms with van der Waals surface area (Å²) >= 11 is 0. The van der Waals surface area contributed by atoms with Gasteiger partial charge in [0.05, 0.1) is 5.54 Å². The van der Waals surface area contributed by atoms with Gasteiger partial charge in [-0.1, -0.05) is 30.4 Å². The lowest BCUT2D eigenvalue weighted by Gasteiger charge is -2.32. The Morgan fingerprint density at radius 1 is 1.12 bits per heavy atom. The molecule has 0 unspecified atom stereocenters. The smallest absolute Gasteiger partial charge is 0.315 e. The number of rotatable bonds is 7. The summed E-state index contributed by atoms with van der Waals surface area (Å²) in [5.41, 5.74) is 2.67. The highest BCUT2D eigenvalue weighted by atomic mass is 16.2. The summed E-state index contributed by atoms with van der Waals surface area (Å²) in [6, 6.07) is 10.4. The summed E-state index contributed by atoms with van der Waals surface area (Å²) in [6.45, 7) is 10.0. The number of nitrogens with one attached hydrogen (secondary N) is 3.